The van der Waals surface area contributed by atoms with E-state index in [0.29, 0.717) is 12.0 Å². The summed E-state index contributed by atoms with van der Waals surface area (Å²) in [5.41, 5.74) is 0.151. The van der Waals surface area contributed by atoms with Gasteiger partial charge in [0.05, 0.1) is 11.8 Å². The second kappa shape index (κ2) is 7.41. The van der Waals surface area contributed by atoms with Gasteiger partial charge in [-0.15, -0.1) is 0 Å². The van der Waals surface area contributed by atoms with Crippen molar-refractivity contribution < 1.29 is 34.8 Å². The maximum absolute atomic E-state index is 11.2. The molecule has 0 amide bonds. The largest absolute Gasteiger partial charge is 0.512 e. The van der Waals surface area contributed by atoms with Gasteiger partial charge in [0.1, 0.15) is 17.3 Å². The number of nitrogens with zero attached hydrogens (tertiary/aromatic N) is 1. The minimum atomic E-state index is -4.83. The van der Waals surface area contributed by atoms with Crippen LogP contribution in [0.3, 0.4) is 0 Å². The third-order valence-electron chi connectivity index (χ3n) is 3.90. The number of aliphatic hydroxyl groups is 3. The first-order chi connectivity index (χ1) is 11.6. The minimum absolute atomic E-state index is 0.00615. The first kappa shape index (κ1) is 19.2. The number of hydrogen-bond acceptors (Lipinski definition) is 5. The van der Waals surface area contributed by atoms with Crippen molar-refractivity contribution in [1.29, 1.82) is 0 Å². The third-order valence-corrected chi connectivity index (χ3v) is 4.41. The number of aliphatic hydroxyl groups excluding tert-OH is 3. The molecule has 2 rings (SSSR count). The van der Waals surface area contributed by atoms with Crippen molar-refractivity contribution in [2.24, 2.45) is 4.76 Å². The van der Waals surface area contributed by atoms with Crippen LogP contribution in [-0.4, -0.2) is 42.0 Å². The van der Waals surface area contributed by atoms with E-state index in [0.717, 1.165) is 6.08 Å². The van der Waals surface area contributed by atoms with Gasteiger partial charge in [0, 0.05) is 24.0 Å². The zero-order valence-electron chi connectivity index (χ0n) is 13.4. The van der Waals surface area contributed by atoms with Crippen molar-refractivity contribution in [3.63, 3.8) is 0 Å². The van der Waals surface area contributed by atoms with Gasteiger partial charge in [0.15, 0.2) is 0 Å². The number of benzene rings is 1. The standard InChI is InChI=1S/C16H20NO7P/c1-2-12(9-4-3-5-10(18)6-9)16(21)15-13(17-25(22,23)24)7-11(19)8-14(15)20/h3-6,8,12,16,18-21H,2,7H2,1H3,(H2,22,23,24). The topological polar surface area (TPSA) is 151 Å². The van der Waals surface area contributed by atoms with E-state index in [1.807, 2.05) is 0 Å². The second-order valence-corrected chi connectivity index (χ2v) is 6.95. The lowest BCUT2D eigenvalue weighted by Crippen LogP contribution is -2.28. The van der Waals surface area contributed by atoms with E-state index in [1.165, 1.54) is 12.1 Å². The fraction of sp³-hybridized carbons (Fsp3) is 0.312. The molecule has 1 aromatic rings. The lowest BCUT2D eigenvalue weighted by atomic mass is 9.83. The molecule has 1 aliphatic rings. The highest BCUT2D eigenvalue weighted by Crippen LogP contribution is 2.40. The van der Waals surface area contributed by atoms with E-state index >= 15 is 0 Å². The molecule has 0 fully saturated rings. The summed E-state index contributed by atoms with van der Waals surface area (Å²) in [6.07, 6.45) is -0.244. The summed E-state index contributed by atoms with van der Waals surface area (Å²) in [5, 5.41) is 40.1. The summed E-state index contributed by atoms with van der Waals surface area (Å²) >= 11 is 0. The normalized spacial score (nSPS) is 19.7. The van der Waals surface area contributed by atoms with Crippen LogP contribution in [-0.2, 0) is 4.57 Å². The Morgan fingerprint density at radius 2 is 1.92 bits per heavy atom. The van der Waals surface area contributed by atoms with E-state index in [1.54, 1.807) is 19.1 Å². The highest BCUT2D eigenvalue weighted by atomic mass is 31.2. The lowest BCUT2D eigenvalue weighted by Gasteiger charge is -2.27. The van der Waals surface area contributed by atoms with Gasteiger partial charge in [-0.05, 0) is 24.1 Å². The molecule has 0 saturated heterocycles. The summed E-state index contributed by atoms with van der Waals surface area (Å²) < 4.78 is 14.5. The number of rotatable bonds is 5. The summed E-state index contributed by atoms with van der Waals surface area (Å²) in [5.74, 6) is -1.40. The SMILES string of the molecule is CCC(c1cccc(O)c1)C(O)C1=C(O)C=C(O)CC1=NP(=O)(O)O. The van der Waals surface area contributed by atoms with Gasteiger partial charge >= 0.3 is 7.75 Å². The highest BCUT2D eigenvalue weighted by molar-refractivity contribution is 7.50. The Bertz CT molecular complexity index is 793. The van der Waals surface area contributed by atoms with Crippen LogP contribution in [0.4, 0.5) is 0 Å². The zero-order valence-corrected chi connectivity index (χ0v) is 14.3. The Kier molecular flexibility index (Phi) is 5.69. The molecular weight excluding hydrogens is 349 g/mol. The molecule has 0 aromatic heterocycles. The number of hydrogen-bond donors (Lipinski definition) is 6. The van der Waals surface area contributed by atoms with Crippen LogP contribution in [0.15, 0.2) is 52.2 Å². The van der Waals surface area contributed by atoms with Gasteiger partial charge in [-0.25, -0.2) is 4.57 Å². The molecule has 9 heteroatoms. The summed E-state index contributed by atoms with van der Waals surface area (Å²) in [4.78, 5) is 18.2. The van der Waals surface area contributed by atoms with E-state index in [-0.39, 0.29) is 29.2 Å². The van der Waals surface area contributed by atoms with Crippen LogP contribution in [0.5, 0.6) is 5.75 Å². The molecule has 0 bridgehead atoms. The molecule has 8 nitrogen and oxygen atoms in total. The third kappa shape index (κ3) is 4.70. The molecule has 2 atom stereocenters. The monoisotopic (exact) mass is 369 g/mol. The van der Waals surface area contributed by atoms with Crippen molar-refractivity contribution in [1.82, 2.24) is 0 Å². The Morgan fingerprint density at radius 1 is 1.24 bits per heavy atom. The van der Waals surface area contributed by atoms with Gasteiger partial charge in [-0.1, -0.05) is 19.1 Å². The molecule has 1 aliphatic carbocycles. The Morgan fingerprint density at radius 3 is 2.48 bits per heavy atom. The minimum Gasteiger partial charge on any atom is -0.512 e. The number of allylic oxidation sites excluding steroid dienone is 2. The average Bonchev–Trinajstić information content (AvgIpc) is 2.45. The molecule has 25 heavy (non-hydrogen) atoms. The highest BCUT2D eigenvalue weighted by Gasteiger charge is 2.33. The van der Waals surface area contributed by atoms with Crippen LogP contribution in [0.2, 0.25) is 0 Å². The molecule has 1 aromatic carbocycles. The van der Waals surface area contributed by atoms with Crippen molar-refractivity contribution in [3.8, 4) is 5.75 Å². The zero-order chi connectivity index (χ0) is 18.8. The fourth-order valence-corrected chi connectivity index (χ4v) is 3.36. The maximum Gasteiger partial charge on any atom is 0.448 e. The summed E-state index contributed by atoms with van der Waals surface area (Å²) in [6.45, 7) is 1.78. The van der Waals surface area contributed by atoms with E-state index in [2.05, 4.69) is 4.76 Å². The maximum atomic E-state index is 11.2. The number of phenolic OH excluding ortho intramolecular Hbond substituents is 1. The summed E-state index contributed by atoms with van der Waals surface area (Å²) in [7, 11) is -4.83. The molecule has 6 N–H and O–H groups in total. The molecule has 0 aliphatic heterocycles. The van der Waals surface area contributed by atoms with E-state index < -0.39 is 25.5 Å². The molecular formula is C16H20NO7P. The average molecular weight is 369 g/mol. The Hall–Kier alpha value is -2.12. The van der Waals surface area contributed by atoms with Crippen LogP contribution >= 0.6 is 7.75 Å². The van der Waals surface area contributed by atoms with Gasteiger partial charge < -0.3 is 30.2 Å². The van der Waals surface area contributed by atoms with Crippen molar-refractivity contribution in [2.75, 3.05) is 0 Å². The first-order valence-corrected chi connectivity index (χ1v) is 9.13. The van der Waals surface area contributed by atoms with Gasteiger partial charge in [0.2, 0.25) is 0 Å². The van der Waals surface area contributed by atoms with E-state index in [4.69, 9.17) is 9.79 Å². The fourth-order valence-electron chi connectivity index (χ4n) is 2.87. The van der Waals surface area contributed by atoms with Gasteiger partial charge in [-0.2, -0.15) is 4.76 Å². The Labute approximate surface area is 144 Å². The van der Waals surface area contributed by atoms with Crippen LogP contribution in [0, 0.1) is 0 Å². The first-order valence-electron chi connectivity index (χ1n) is 7.57. The predicted octanol–water partition coefficient (Wildman–Crippen LogP) is 2.44. The molecule has 2 unspecified atom stereocenters. The molecule has 0 spiro atoms. The smallest absolute Gasteiger partial charge is 0.448 e. The second-order valence-electron chi connectivity index (χ2n) is 5.73. The molecule has 136 valence electrons. The van der Waals surface area contributed by atoms with Crippen molar-refractivity contribution >= 4 is 13.5 Å². The number of aromatic hydroxyl groups is 1. The van der Waals surface area contributed by atoms with Crippen molar-refractivity contribution in [2.45, 2.75) is 31.8 Å². The molecule has 0 radical (unpaired) electrons. The van der Waals surface area contributed by atoms with E-state index in [9.17, 15) is 25.0 Å². The molecule has 0 saturated carbocycles. The van der Waals surface area contributed by atoms with Gasteiger partial charge in [-0.3, -0.25) is 0 Å². The van der Waals surface area contributed by atoms with Crippen LogP contribution in [0.25, 0.3) is 0 Å². The summed E-state index contributed by atoms with van der Waals surface area (Å²) in [6, 6.07) is 6.22. The van der Waals surface area contributed by atoms with Gasteiger partial charge in [0.25, 0.3) is 0 Å². The predicted molar refractivity (Wildman–Crippen MR) is 91.6 cm³/mol. The van der Waals surface area contributed by atoms with Crippen LogP contribution in [0.1, 0.15) is 31.2 Å². The quantitative estimate of drug-likeness (QED) is 0.436. The van der Waals surface area contributed by atoms with Crippen molar-refractivity contribution in [3.05, 3.63) is 53.0 Å². The Balaban J connectivity index is 2.52. The lowest BCUT2D eigenvalue weighted by molar-refractivity contribution is 0.175. The van der Waals surface area contributed by atoms with Crippen LogP contribution < -0.4 is 0 Å². The molecule has 0 heterocycles. The number of phenols is 1.